The van der Waals surface area contributed by atoms with Crippen molar-refractivity contribution in [2.45, 2.75) is 53.4 Å². The molecule has 0 radical (unpaired) electrons. The first kappa shape index (κ1) is 21.8. The number of nitrogens with one attached hydrogen (secondary N) is 1. The first-order valence-corrected chi connectivity index (χ1v) is 11.4. The van der Waals surface area contributed by atoms with E-state index in [-0.39, 0.29) is 28.8 Å². The smallest absolute Gasteiger partial charge is 0.315 e. The summed E-state index contributed by atoms with van der Waals surface area (Å²) in [6.45, 7) is 8.94. The summed E-state index contributed by atoms with van der Waals surface area (Å²) in [5.41, 5.74) is 2.01. The molecular formula is C20H28N2O3S2. The maximum Gasteiger partial charge on any atom is 0.315 e. The largest absolute Gasteiger partial charge is 0.465 e. The first-order chi connectivity index (χ1) is 12.8. The number of thioether (sulfide) groups is 1. The van der Waals surface area contributed by atoms with Crippen LogP contribution in [0.3, 0.4) is 0 Å². The van der Waals surface area contributed by atoms with Gasteiger partial charge in [-0.25, -0.2) is 0 Å². The molecule has 0 fully saturated rings. The van der Waals surface area contributed by atoms with E-state index in [0.717, 1.165) is 31.2 Å². The van der Waals surface area contributed by atoms with Crippen LogP contribution in [0.2, 0.25) is 0 Å². The third-order valence-electron chi connectivity index (χ3n) is 5.40. The molecule has 1 N–H and O–H groups in total. The zero-order valence-corrected chi connectivity index (χ0v) is 18.1. The standard InChI is InChI=1S/C20H28N2O3S2/c1-5-20(3,4)13-7-8-14-15(10-21)19(27-16(14)9-13)22-17(23)11-26-12-18(24)25-6-2/h13H,5-9,11-12H2,1-4H3,(H,22,23). The number of hydrogen-bond donors (Lipinski definition) is 1. The van der Waals surface area contributed by atoms with Gasteiger partial charge in [-0.05, 0) is 43.1 Å². The summed E-state index contributed by atoms with van der Waals surface area (Å²) in [6.07, 6.45) is 4.09. The highest BCUT2D eigenvalue weighted by Crippen LogP contribution is 2.45. The van der Waals surface area contributed by atoms with Gasteiger partial charge in [0.1, 0.15) is 11.1 Å². The van der Waals surface area contributed by atoms with Gasteiger partial charge in [-0.2, -0.15) is 5.26 Å². The van der Waals surface area contributed by atoms with Crippen LogP contribution >= 0.6 is 23.1 Å². The Hall–Kier alpha value is -1.52. The molecule has 5 nitrogen and oxygen atoms in total. The number of carbonyl (C=O) groups is 2. The number of esters is 1. The number of anilines is 1. The topological polar surface area (TPSA) is 79.2 Å². The predicted octanol–water partition coefficient (Wildman–Crippen LogP) is 4.40. The number of nitrogens with zero attached hydrogens (tertiary/aromatic N) is 1. The second kappa shape index (κ2) is 9.61. The number of fused-ring (bicyclic) bond motifs is 1. The zero-order chi connectivity index (χ0) is 20.0. The first-order valence-electron chi connectivity index (χ1n) is 9.40. The molecular weight excluding hydrogens is 380 g/mol. The highest BCUT2D eigenvalue weighted by Gasteiger charge is 2.34. The van der Waals surface area contributed by atoms with Crippen molar-refractivity contribution in [1.29, 1.82) is 5.26 Å². The van der Waals surface area contributed by atoms with E-state index in [2.05, 4.69) is 32.2 Å². The van der Waals surface area contributed by atoms with Crippen molar-refractivity contribution in [1.82, 2.24) is 0 Å². The van der Waals surface area contributed by atoms with Crippen LogP contribution in [0.25, 0.3) is 0 Å². The molecule has 0 aromatic carbocycles. The van der Waals surface area contributed by atoms with Gasteiger partial charge in [-0.15, -0.1) is 23.1 Å². The van der Waals surface area contributed by atoms with Gasteiger partial charge in [0.05, 0.1) is 23.7 Å². The van der Waals surface area contributed by atoms with Crippen molar-refractivity contribution in [2.75, 3.05) is 23.4 Å². The van der Waals surface area contributed by atoms with Gasteiger partial charge < -0.3 is 10.1 Å². The number of ether oxygens (including phenoxy) is 1. The Kier molecular flexibility index (Phi) is 7.75. The van der Waals surface area contributed by atoms with Crippen LogP contribution in [0, 0.1) is 22.7 Å². The molecule has 0 aliphatic heterocycles. The summed E-state index contributed by atoms with van der Waals surface area (Å²) in [7, 11) is 0. The number of nitriles is 1. The lowest BCUT2D eigenvalue weighted by molar-refractivity contribution is -0.139. The Morgan fingerprint density at radius 2 is 2.11 bits per heavy atom. The molecule has 0 spiro atoms. The van der Waals surface area contributed by atoms with E-state index in [1.54, 1.807) is 6.92 Å². The Morgan fingerprint density at radius 1 is 1.37 bits per heavy atom. The second-order valence-electron chi connectivity index (χ2n) is 7.45. The fraction of sp³-hybridized carbons (Fsp3) is 0.650. The summed E-state index contributed by atoms with van der Waals surface area (Å²) < 4.78 is 4.85. The SMILES string of the molecule is CCOC(=O)CSCC(=O)Nc1sc2c(c1C#N)CCC(C(C)(C)CC)C2. The van der Waals surface area contributed by atoms with Crippen LogP contribution in [-0.4, -0.2) is 30.0 Å². The van der Waals surface area contributed by atoms with Crippen molar-refractivity contribution in [3.8, 4) is 6.07 Å². The molecule has 0 saturated carbocycles. The molecule has 27 heavy (non-hydrogen) atoms. The summed E-state index contributed by atoms with van der Waals surface area (Å²) >= 11 is 2.76. The lowest BCUT2D eigenvalue weighted by Crippen LogP contribution is -2.28. The minimum absolute atomic E-state index is 0.154. The number of thiophene rings is 1. The molecule has 1 heterocycles. The van der Waals surface area contributed by atoms with Crippen LogP contribution in [0.5, 0.6) is 0 Å². The summed E-state index contributed by atoms with van der Waals surface area (Å²) in [4.78, 5) is 24.8. The number of hydrogen-bond acceptors (Lipinski definition) is 6. The summed E-state index contributed by atoms with van der Waals surface area (Å²) in [5, 5.41) is 13.1. The lowest BCUT2D eigenvalue weighted by atomic mass is 9.69. The molecule has 1 unspecified atom stereocenters. The fourth-order valence-electron chi connectivity index (χ4n) is 3.34. The van der Waals surface area contributed by atoms with E-state index in [4.69, 9.17) is 4.74 Å². The number of amides is 1. The quantitative estimate of drug-likeness (QED) is 0.645. The Balaban J connectivity index is 2.02. The van der Waals surface area contributed by atoms with Gasteiger partial charge in [0, 0.05) is 4.88 Å². The van der Waals surface area contributed by atoms with Gasteiger partial charge in [0.25, 0.3) is 0 Å². The molecule has 148 valence electrons. The molecule has 0 bridgehead atoms. The van der Waals surface area contributed by atoms with Crippen LogP contribution in [-0.2, 0) is 27.2 Å². The zero-order valence-electron chi connectivity index (χ0n) is 16.5. The van der Waals surface area contributed by atoms with Gasteiger partial charge >= 0.3 is 5.97 Å². The molecule has 1 aromatic heterocycles. The third kappa shape index (κ3) is 5.49. The maximum atomic E-state index is 12.2. The predicted molar refractivity (Wildman–Crippen MR) is 111 cm³/mol. The van der Waals surface area contributed by atoms with Crippen molar-refractivity contribution in [3.63, 3.8) is 0 Å². The Bertz CT molecular complexity index is 734. The van der Waals surface area contributed by atoms with Gasteiger partial charge in [0.15, 0.2) is 0 Å². The van der Waals surface area contributed by atoms with Crippen molar-refractivity contribution < 1.29 is 14.3 Å². The van der Waals surface area contributed by atoms with Crippen LogP contribution in [0.1, 0.15) is 56.5 Å². The van der Waals surface area contributed by atoms with Crippen molar-refractivity contribution in [2.24, 2.45) is 11.3 Å². The maximum absolute atomic E-state index is 12.2. The number of carbonyl (C=O) groups excluding carboxylic acids is 2. The fourth-order valence-corrected chi connectivity index (χ4v) is 5.24. The number of rotatable bonds is 8. The third-order valence-corrected chi connectivity index (χ3v) is 7.48. The average molecular weight is 409 g/mol. The van der Waals surface area contributed by atoms with Crippen LogP contribution in [0.15, 0.2) is 0 Å². The molecule has 7 heteroatoms. The lowest BCUT2D eigenvalue weighted by Gasteiger charge is -2.36. The van der Waals surface area contributed by atoms with Crippen LogP contribution in [0.4, 0.5) is 5.00 Å². The van der Waals surface area contributed by atoms with E-state index in [9.17, 15) is 14.9 Å². The highest BCUT2D eigenvalue weighted by molar-refractivity contribution is 8.00. The molecule has 0 saturated heterocycles. The van der Waals surface area contributed by atoms with Crippen molar-refractivity contribution >= 4 is 40.0 Å². The minimum atomic E-state index is -0.316. The van der Waals surface area contributed by atoms with E-state index >= 15 is 0 Å². The second-order valence-corrected chi connectivity index (χ2v) is 9.54. The van der Waals surface area contributed by atoms with E-state index in [0.29, 0.717) is 23.1 Å². The Labute approximate surface area is 169 Å². The van der Waals surface area contributed by atoms with E-state index < -0.39 is 0 Å². The van der Waals surface area contributed by atoms with Crippen molar-refractivity contribution in [3.05, 3.63) is 16.0 Å². The highest BCUT2D eigenvalue weighted by atomic mass is 32.2. The molecule has 1 aliphatic carbocycles. The van der Waals surface area contributed by atoms with Gasteiger partial charge in [0.2, 0.25) is 5.91 Å². The molecule has 2 rings (SSSR count). The summed E-state index contributed by atoms with van der Waals surface area (Å²) in [6, 6.07) is 2.28. The van der Waals surface area contributed by atoms with Gasteiger partial charge in [-0.1, -0.05) is 27.2 Å². The monoisotopic (exact) mass is 408 g/mol. The van der Waals surface area contributed by atoms with Gasteiger partial charge in [-0.3, -0.25) is 9.59 Å². The van der Waals surface area contributed by atoms with E-state index in [1.807, 2.05) is 0 Å². The molecule has 1 amide bonds. The molecule has 1 aliphatic rings. The molecule has 1 aromatic rings. The normalized spacial score (nSPS) is 16.3. The van der Waals surface area contributed by atoms with E-state index in [1.165, 1.54) is 28.0 Å². The Morgan fingerprint density at radius 3 is 2.74 bits per heavy atom. The average Bonchev–Trinajstić information content (AvgIpc) is 2.97. The summed E-state index contributed by atoms with van der Waals surface area (Å²) in [5.74, 6) is 0.414. The molecule has 1 atom stereocenters. The minimum Gasteiger partial charge on any atom is -0.465 e. The van der Waals surface area contributed by atoms with Crippen LogP contribution < -0.4 is 5.32 Å².